The summed E-state index contributed by atoms with van der Waals surface area (Å²) in [5, 5.41) is 9.06. The minimum absolute atomic E-state index is 0.00805. The Kier molecular flexibility index (Phi) is 22.7. The lowest BCUT2D eigenvalue weighted by molar-refractivity contribution is -0.172. The van der Waals surface area contributed by atoms with Gasteiger partial charge in [-0.05, 0) is 187 Å². The highest BCUT2D eigenvalue weighted by molar-refractivity contribution is 14.1. The second kappa shape index (κ2) is 25.4. The number of hydrogen-bond acceptors (Lipinski definition) is 10. The number of carbonyl (C=O) groups is 4. The van der Waals surface area contributed by atoms with Crippen LogP contribution in [0, 0.1) is 28.0 Å². The quantitative estimate of drug-likeness (QED) is 0.0640. The third kappa shape index (κ3) is 18.1. The molecule has 5 rings (SSSR count). The number of hydrogen-bond donors (Lipinski definition) is 1. The van der Waals surface area contributed by atoms with Crippen LogP contribution in [0.15, 0.2) is 42.5 Å². The Hall–Kier alpha value is -3.42. The standard InChI is InChI=1S/C18H27FO.C14H26O2.C12H16O3.C11H17IO4/c1-5-17(2,3)14-9-10-16(15(19)13-14)20-18(4)11-7-6-8-12-18;1-6-13(2,3)12(15)16-14(4,5)11-9-7-8-10-11;1-4-12(2,3)11(14)15-10-7-5-9(13)6-8-10;1-5-11(3,4)10(14)16-8-7(12)6(2)15-9(8)13/h9-10,13H,5-8,11-12H2,1-4H3;11H,6-10H2,1-5H3;5-8,13H,4H2,1-3H3;6-8H,5H2,1-4H3. The number of phenols is 1. The van der Waals surface area contributed by atoms with Crippen LogP contribution in [-0.4, -0.2) is 56.3 Å². The monoisotopic (exact) mass is 1050 g/mol. The van der Waals surface area contributed by atoms with Crippen molar-refractivity contribution in [2.45, 2.75) is 227 Å². The van der Waals surface area contributed by atoms with Crippen LogP contribution in [0.3, 0.4) is 0 Å². The molecule has 3 atom stereocenters. The molecule has 1 heterocycles. The number of aromatic hydroxyl groups is 1. The summed E-state index contributed by atoms with van der Waals surface area (Å²) in [4.78, 5) is 47.0. The molecule has 0 bridgehead atoms. The Morgan fingerprint density at radius 2 is 1.25 bits per heavy atom. The molecule has 10 nitrogen and oxygen atoms in total. The summed E-state index contributed by atoms with van der Waals surface area (Å²) in [6.45, 7) is 31.6. The van der Waals surface area contributed by atoms with Gasteiger partial charge >= 0.3 is 23.9 Å². The SMILES string of the molecule is CCC(C)(C)C(=O)OC(C)(C)C1CCCC1.CCC(C)(C)C(=O)OC1C(=O)OC(C)C1I.CCC(C)(C)C(=O)Oc1ccc(O)cc1.CCC(C)(C)c1ccc(OC2(C)CCCCC2)c(F)c1. The van der Waals surface area contributed by atoms with Gasteiger partial charge in [-0.25, -0.2) is 9.18 Å². The Labute approximate surface area is 417 Å². The lowest BCUT2D eigenvalue weighted by Gasteiger charge is -2.34. The second-order valence-electron chi connectivity index (χ2n) is 22.0. The molecule has 3 aliphatic rings. The van der Waals surface area contributed by atoms with E-state index >= 15 is 0 Å². The molecule has 3 fully saturated rings. The summed E-state index contributed by atoms with van der Waals surface area (Å²) in [5.74, 6) is 0.260. The third-order valence-electron chi connectivity index (χ3n) is 14.4. The van der Waals surface area contributed by atoms with E-state index in [2.05, 4.69) is 64.1 Å². The molecule has 1 saturated heterocycles. The van der Waals surface area contributed by atoms with Crippen LogP contribution >= 0.6 is 22.6 Å². The normalized spacial score (nSPS) is 19.8. The van der Waals surface area contributed by atoms with Crippen molar-refractivity contribution in [3.63, 3.8) is 0 Å². The van der Waals surface area contributed by atoms with Gasteiger partial charge in [0.1, 0.15) is 28.8 Å². The number of cyclic esters (lactones) is 1. The van der Waals surface area contributed by atoms with Crippen molar-refractivity contribution in [2.75, 3.05) is 0 Å². The first-order chi connectivity index (χ1) is 30.9. The number of carbonyl (C=O) groups excluding carboxylic acids is 4. The van der Waals surface area contributed by atoms with Crippen LogP contribution in [0.5, 0.6) is 17.2 Å². The number of halogens is 2. The fourth-order valence-corrected chi connectivity index (χ4v) is 7.82. The van der Waals surface area contributed by atoms with Crippen LogP contribution in [0.25, 0.3) is 0 Å². The fraction of sp³-hybridized carbons (Fsp3) is 0.709. The number of rotatable bonds is 14. The molecule has 2 aliphatic carbocycles. The van der Waals surface area contributed by atoms with Gasteiger partial charge in [0.25, 0.3) is 0 Å². The Balaban J connectivity index is 0.000000309. The first kappa shape index (κ1) is 59.7. The zero-order valence-corrected chi connectivity index (χ0v) is 46.1. The molecule has 2 saturated carbocycles. The van der Waals surface area contributed by atoms with E-state index in [1.807, 2.05) is 60.6 Å². The Morgan fingerprint density at radius 3 is 1.72 bits per heavy atom. The minimum atomic E-state index is -0.756. The van der Waals surface area contributed by atoms with E-state index in [4.69, 9.17) is 28.8 Å². The molecule has 3 unspecified atom stereocenters. The van der Waals surface area contributed by atoms with E-state index in [0.717, 1.165) is 37.7 Å². The maximum absolute atomic E-state index is 14.3. The van der Waals surface area contributed by atoms with E-state index in [0.29, 0.717) is 23.8 Å². The largest absolute Gasteiger partial charge is 0.508 e. The van der Waals surface area contributed by atoms with E-state index in [1.54, 1.807) is 39.0 Å². The maximum Gasteiger partial charge on any atom is 0.349 e. The molecule has 1 aliphatic heterocycles. The van der Waals surface area contributed by atoms with E-state index in [1.165, 1.54) is 57.1 Å². The molecule has 380 valence electrons. The van der Waals surface area contributed by atoms with Crippen molar-refractivity contribution >= 4 is 46.5 Å². The van der Waals surface area contributed by atoms with Crippen molar-refractivity contribution in [3.8, 4) is 17.2 Å². The van der Waals surface area contributed by atoms with E-state index in [-0.39, 0.29) is 61.5 Å². The maximum atomic E-state index is 14.3. The summed E-state index contributed by atoms with van der Waals surface area (Å²) in [6, 6.07) is 11.6. The third-order valence-corrected chi connectivity index (χ3v) is 16.1. The molecular weight excluding hydrogens is 966 g/mol. The van der Waals surface area contributed by atoms with Gasteiger partial charge in [-0.3, -0.25) is 14.4 Å². The smallest absolute Gasteiger partial charge is 0.349 e. The van der Waals surface area contributed by atoms with Crippen molar-refractivity contribution in [1.82, 2.24) is 0 Å². The highest BCUT2D eigenvalue weighted by Crippen LogP contribution is 2.39. The van der Waals surface area contributed by atoms with Gasteiger partial charge in [0, 0.05) is 0 Å². The van der Waals surface area contributed by atoms with E-state index < -0.39 is 22.9 Å². The van der Waals surface area contributed by atoms with Crippen molar-refractivity contribution in [3.05, 3.63) is 53.8 Å². The average molecular weight is 1050 g/mol. The summed E-state index contributed by atoms with van der Waals surface area (Å²) in [7, 11) is 0. The summed E-state index contributed by atoms with van der Waals surface area (Å²) < 4.78 is 41.4. The van der Waals surface area contributed by atoms with Gasteiger partial charge < -0.3 is 28.8 Å². The molecule has 0 spiro atoms. The highest BCUT2D eigenvalue weighted by atomic mass is 127. The van der Waals surface area contributed by atoms with E-state index in [9.17, 15) is 23.6 Å². The molecule has 0 radical (unpaired) electrons. The fourth-order valence-electron chi connectivity index (χ4n) is 7.23. The zero-order chi connectivity index (χ0) is 51.2. The van der Waals surface area contributed by atoms with Gasteiger partial charge in [-0.15, -0.1) is 0 Å². The summed E-state index contributed by atoms with van der Waals surface area (Å²) >= 11 is 2.09. The molecule has 2 aromatic carbocycles. The second-order valence-corrected chi connectivity index (χ2v) is 23.4. The molecule has 0 aromatic heterocycles. The first-order valence-electron chi connectivity index (χ1n) is 24.7. The number of alkyl halides is 1. The molecule has 2 aromatic rings. The van der Waals surface area contributed by atoms with Crippen LogP contribution in [0.1, 0.15) is 200 Å². The van der Waals surface area contributed by atoms with Crippen LogP contribution in [0.2, 0.25) is 0 Å². The molecule has 0 amide bonds. The highest BCUT2D eigenvalue weighted by Gasteiger charge is 2.45. The minimum Gasteiger partial charge on any atom is -0.508 e. The predicted molar refractivity (Wildman–Crippen MR) is 273 cm³/mol. The molecule has 67 heavy (non-hydrogen) atoms. The number of phenolic OH excluding ortho intramolecular Hbond substituents is 1. The van der Waals surface area contributed by atoms with Crippen molar-refractivity contribution in [2.24, 2.45) is 22.2 Å². The summed E-state index contributed by atoms with van der Waals surface area (Å²) in [6.07, 6.45) is 12.9. The van der Waals surface area contributed by atoms with Gasteiger partial charge in [-0.2, -0.15) is 0 Å². The lowest BCUT2D eigenvalue weighted by atomic mass is 9.82. The Morgan fingerprint density at radius 1 is 0.746 bits per heavy atom. The average Bonchev–Trinajstić information content (AvgIpc) is 3.91. The van der Waals surface area contributed by atoms with Crippen molar-refractivity contribution < 1.29 is 52.4 Å². The van der Waals surface area contributed by atoms with Crippen molar-refractivity contribution in [1.29, 1.82) is 0 Å². The molecular formula is C55H86FIO10. The molecule has 12 heteroatoms. The van der Waals surface area contributed by atoms with Gasteiger partial charge in [0.2, 0.25) is 6.10 Å². The van der Waals surface area contributed by atoms with Gasteiger partial charge in [-0.1, -0.05) is 89.5 Å². The van der Waals surface area contributed by atoms with Gasteiger partial charge in [0.15, 0.2) is 11.6 Å². The number of esters is 4. The number of ether oxygens (including phenoxy) is 5. The topological polar surface area (TPSA) is 135 Å². The van der Waals surface area contributed by atoms with Crippen LogP contribution < -0.4 is 9.47 Å². The summed E-state index contributed by atoms with van der Waals surface area (Å²) in [5.41, 5.74) is -0.815. The zero-order valence-electron chi connectivity index (χ0n) is 43.9. The van der Waals surface area contributed by atoms with Crippen LogP contribution in [0.4, 0.5) is 4.39 Å². The van der Waals surface area contributed by atoms with Crippen LogP contribution in [-0.2, 0) is 38.8 Å². The predicted octanol–water partition coefficient (Wildman–Crippen LogP) is 14.4. The van der Waals surface area contributed by atoms with Gasteiger partial charge in [0.05, 0.1) is 20.2 Å². The Bertz CT molecular complexity index is 1890. The molecule has 1 N–H and O–H groups in total. The first-order valence-corrected chi connectivity index (χ1v) is 25.9. The lowest BCUT2D eigenvalue weighted by Crippen LogP contribution is -2.39. The number of benzene rings is 2.